The molecule has 0 saturated carbocycles. The molecule has 148 valence electrons. The third kappa shape index (κ3) is 3.73. The minimum atomic E-state index is -0.764. The van der Waals surface area contributed by atoms with Crippen LogP contribution in [-0.2, 0) is 6.54 Å². The maximum atomic E-state index is 14.2. The zero-order chi connectivity index (χ0) is 20.5. The van der Waals surface area contributed by atoms with E-state index in [9.17, 15) is 13.6 Å². The summed E-state index contributed by atoms with van der Waals surface area (Å²) in [6.45, 7) is 3.97. The number of thiazole rings is 1. The van der Waals surface area contributed by atoms with Crippen LogP contribution in [-0.4, -0.2) is 25.7 Å². The number of pyridine rings is 1. The summed E-state index contributed by atoms with van der Waals surface area (Å²) < 4.78 is 29.7. The molecule has 3 heterocycles. The molecule has 4 rings (SSSR count). The summed E-state index contributed by atoms with van der Waals surface area (Å²) in [5.41, 5.74) is 1.05. The molecule has 0 unspecified atom stereocenters. The van der Waals surface area contributed by atoms with Gasteiger partial charge in [0.25, 0.3) is 5.91 Å². The van der Waals surface area contributed by atoms with Gasteiger partial charge in [-0.05, 0) is 38.1 Å². The first-order valence-electron chi connectivity index (χ1n) is 8.95. The molecule has 9 heteroatoms. The van der Waals surface area contributed by atoms with Crippen LogP contribution in [0.5, 0.6) is 0 Å². The van der Waals surface area contributed by atoms with E-state index in [1.165, 1.54) is 11.0 Å². The van der Waals surface area contributed by atoms with Crippen molar-refractivity contribution in [3.05, 3.63) is 71.8 Å². The number of benzene rings is 1. The number of nitrogens with zero attached hydrogens (tertiary/aromatic N) is 5. The van der Waals surface area contributed by atoms with Crippen molar-refractivity contribution in [1.82, 2.24) is 19.7 Å². The van der Waals surface area contributed by atoms with Crippen molar-refractivity contribution in [1.29, 1.82) is 0 Å². The van der Waals surface area contributed by atoms with Gasteiger partial charge in [-0.15, -0.1) is 0 Å². The molecular weight excluding hydrogens is 396 g/mol. The normalized spacial score (nSPS) is 11.3. The van der Waals surface area contributed by atoms with E-state index in [4.69, 9.17) is 0 Å². The van der Waals surface area contributed by atoms with E-state index in [0.717, 1.165) is 17.4 Å². The highest BCUT2D eigenvalue weighted by molar-refractivity contribution is 7.22. The van der Waals surface area contributed by atoms with Gasteiger partial charge >= 0.3 is 0 Å². The van der Waals surface area contributed by atoms with Crippen molar-refractivity contribution in [3.63, 3.8) is 0 Å². The number of anilines is 1. The van der Waals surface area contributed by atoms with Gasteiger partial charge in [0.05, 0.1) is 16.9 Å². The van der Waals surface area contributed by atoms with Crippen LogP contribution in [0.1, 0.15) is 36.1 Å². The summed E-state index contributed by atoms with van der Waals surface area (Å²) in [4.78, 5) is 23.4. The summed E-state index contributed by atoms with van der Waals surface area (Å²) in [6.07, 6.45) is 3.18. The fraction of sp³-hybridized carbons (Fsp3) is 0.200. The molecule has 0 bridgehead atoms. The zero-order valence-electron chi connectivity index (χ0n) is 15.7. The Morgan fingerprint density at radius 3 is 2.76 bits per heavy atom. The van der Waals surface area contributed by atoms with Gasteiger partial charge in [-0.3, -0.25) is 19.4 Å². The molecule has 1 amide bonds. The number of carbonyl (C=O) groups excluding carboxylic acids is 1. The average molecular weight is 413 g/mol. The Hall–Kier alpha value is -3.20. The largest absolute Gasteiger partial charge is 0.278 e. The standard InChI is InChI=1S/C20H17F2N5OS/c1-12(2)27-16(6-8-24-27)19(28)26(11-14-5-3-4-7-23-14)20-25-18-15(22)9-13(21)10-17(18)29-20/h3-10,12H,11H2,1-2H3. The van der Waals surface area contributed by atoms with E-state index in [0.29, 0.717) is 16.1 Å². The quantitative estimate of drug-likeness (QED) is 0.480. The fourth-order valence-corrected chi connectivity index (χ4v) is 3.98. The van der Waals surface area contributed by atoms with E-state index < -0.39 is 11.6 Å². The number of amides is 1. The molecule has 3 aromatic heterocycles. The number of fused-ring (bicyclic) bond motifs is 1. The minimum Gasteiger partial charge on any atom is -0.277 e. The van der Waals surface area contributed by atoms with E-state index >= 15 is 0 Å². The Labute approximate surface area is 169 Å². The van der Waals surface area contributed by atoms with Gasteiger partial charge in [-0.1, -0.05) is 17.4 Å². The highest BCUT2D eigenvalue weighted by Gasteiger charge is 2.26. The number of hydrogen-bond donors (Lipinski definition) is 0. The summed E-state index contributed by atoms with van der Waals surface area (Å²) in [5.74, 6) is -1.80. The van der Waals surface area contributed by atoms with Crippen molar-refractivity contribution < 1.29 is 13.6 Å². The van der Waals surface area contributed by atoms with Crippen LogP contribution in [0.2, 0.25) is 0 Å². The summed E-state index contributed by atoms with van der Waals surface area (Å²) in [5, 5.41) is 4.48. The topological polar surface area (TPSA) is 63.9 Å². The van der Waals surface area contributed by atoms with Crippen LogP contribution in [0.15, 0.2) is 48.8 Å². The lowest BCUT2D eigenvalue weighted by Gasteiger charge is -2.21. The first-order chi connectivity index (χ1) is 13.9. The Balaban J connectivity index is 1.81. The van der Waals surface area contributed by atoms with E-state index in [-0.39, 0.29) is 29.1 Å². The molecule has 0 aliphatic heterocycles. The molecule has 4 aromatic rings. The van der Waals surface area contributed by atoms with Gasteiger partial charge in [0.15, 0.2) is 10.9 Å². The van der Waals surface area contributed by atoms with Crippen LogP contribution < -0.4 is 4.90 Å². The molecule has 6 nitrogen and oxygen atoms in total. The van der Waals surface area contributed by atoms with Crippen LogP contribution >= 0.6 is 11.3 Å². The predicted octanol–water partition coefficient (Wildman–Crippen LogP) is 4.59. The molecule has 0 N–H and O–H groups in total. The number of carbonyl (C=O) groups is 1. The first-order valence-corrected chi connectivity index (χ1v) is 9.76. The lowest BCUT2D eigenvalue weighted by molar-refractivity contribution is 0.0972. The van der Waals surface area contributed by atoms with Gasteiger partial charge in [0, 0.05) is 24.5 Å². The molecule has 0 fully saturated rings. The third-order valence-electron chi connectivity index (χ3n) is 4.30. The number of rotatable bonds is 5. The maximum absolute atomic E-state index is 14.2. The monoisotopic (exact) mass is 413 g/mol. The molecule has 0 saturated heterocycles. The smallest absolute Gasteiger partial charge is 0.277 e. The van der Waals surface area contributed by atoms with Gasteiger partial charge < -0.3 is 0 Å². The van der Waals surface area contributed by atoms with Gasteiger partial charge in [-0.2, -0.15) is 5.10 Å². The second kappa shape index (κ2) is 7.67. The Kier molecular flexibility index (Phi) is 5.06. The zero-order valence-corrected chi connectivity index (χ0v) is 16.5. The highest BCUT2D eigenvalue weighted by atomic mass is 32.1. The van der Waals surface area contributed by atoms with Gasteiger partial charge in [0.1, 0.15) is 17.0 Å². The van der Waals surface area contributed by atoms with Crippen LogP contribution in [0, 0.1) is 11.6 Å². The second-order valence-corrected chi connectivity index (χ2v) is 7.71. The summed E-state index contributed by atoms with van der Waals surface area (Å²) in [7, 11) is 0. The summed E-state index contributed by atoms with van der Waals surface area (Å²) in [6, 6.07) is 8.97. The van der Waals surface area contributed by atoms with Crippen molar-refractivity contribution >= 4 is 32.6 Å². The van der Waals surface area contributed by atoms with Crippen molar-refractivity contribution in [2.24, 2.45) is 0 Å². The lowest BCUT2D eigenvalue weighted by Crippen LogP contribution is -2.32. The van der Waals surface area contributed by atoms with Crippen LogP contribution in [0.25, 0.3) is 10.2 Å². The Morgan fingerprint density at radius 1 is 1.21 bits per heavy atom. The first kappa shape index (κ1) is 19.1. The molecule has 0 atom stereocenters. The molecule has 0 aliphatic carbocycles. The van der Waals surface area contributed by atoms with Crippen LogP contribution in [0.4, 0.5) is 13.9 Å². The highest BCUT2D eigenvalue weighted by Crippen LogP contribution is 2.32. The van der Waals surface area contributed by atoms with Gasteiger partial charge in [-0.25, -0.2) is 13.8 Å². The summed E-state index contributed by atoms with van der Waals surface area (Å²) >= 11 is 1.05. The molecule has 0 spiro atoms. The van der Waals surface area contributed by atoms with E-state index in [1.54, 1.807) is 35.3 Å². The lowest BCUT2D eigenvalue weighted by atomic mass is 10.3. The predicted molar refractivity (Wildman–Crippen MR) is 107 cm³/mol. The van der Waals surface area contributed by atoms with E-state index in [2.05, 4.69) is 15.1 Å². The molecule has 1 aromatic carbocycles. The molecule has 0 aliphatic rings. The Morgan fingerprint density at radius 2 is 2.03 bits per heavy atom. The minimum absolute atomic E-state index is 0.0254. The second-order valence-electron chi connectivity index (χ2n) is 6.70. The average Bonchev–Trinajstić information content (AvgIpc) is 3.33. The fourth-order valence-electron chi connectivity index (χ4n) is 2.97. The van der Waals surface area contributed by atoms with Crippen molar-refractivity contribution in [3.8, 4) is 0 Å². The molecule has 29 heavy (non-hydrogen) atoms. The van der Waals surface area contributed by atoms with E-state index in [1.807, 2.05) is 19.9 Å². The van der Waals surface area contributed by atoms with Crippen LogP contribution in [0.3, 0.4) is 0 Å². The number of aromatic nitrogens is 4. The molecular formula is C20H17F2N5OS. The van der Waals surface area contributed by atoms with Crippen molar-refractivity contribution in [2.75, 3.05) is 4.90 Å². The third-order valence-corrected chi connectivity index (χ3v) is 5.33. The SMILES string of the molecule is CC(C)n1nccc1C(=O)N(Cc1ccccn1)c1nc2c(F)cc(F)cc2s1. The van der Waals surface area contributed by atoms with Crippen molar-refractivity contribution in [2.45, 2.75) is 26.4 Å². The Bertz CT molecular complexity index is 1170. The number of halogens is 2. The maximum Gasteiger partial charge on any atom is 0.278 e. The molecule has 0 radical (unpaired) electrons. The number of hydrogen-bond acceptors (Lipinski definition) is 5. The van der Waals surface area contributed by atoms with Gasteiger partial charge in [0.2, 0.25) is 0 Å².